The molecule has 0 bridgehead atoms. The molecule has 190 valence electrons. The number of carbonyl (C=O) groups excluding carboxylic acids is 1. The second-order valence-electron chi connectivity index (χ2n) is 9.35. The van der Waals surface area contributed by atoms with Gasteiger partial charge in [-0.05, 0) is 50.1 Å². The van der Waals surface area contributed by atoms with Gasteiger partial charge in [0.2, 0.25) is 5.91 Å². The van der Waals surface area contributed by atoms with E-state index in [1.807, 2.05) is 30.3 Å². The van der Waals surface area contributed by atoms with E-state index in [1.165, 1.54) is 0 Å². The van der Waals surface area contributed by atoms with Crippen molar-refractivity contribution in [2.45, 2.75) is 38.8 Å². The van der Waals surface area contributed by atoms with Crippen molar-refractivity contribution in [1.29, 1.82) is 10.7 Å². The molecule has 0 spiro atoms. The topological polar surface area (TPSA) is 147 Å². The SMILES string of the molecule is CC(C)(O)COC1=CN/C(=C(/C#N)C=N)C(c2ccc(NCc3ccc(N4CCCC4=O)nc3)nc2)=C1. The average molecular weight is 500 g/mol. The summed E-state index contributed by atoms with van der Waals surface area (Å²) in [5.41, 5.74) is 1.95. The van der Waals surface area contributed by atoms with Crippen molar-refractivity contribution < 1.29 is 14.6 Å². The first-order valence-electron chi connectivity index (χ1n) is 11.9. The molecule has 2 aliphatic rings. The summed E-state index contributed by atoms with van der Waals surface area (Å²) in [4.78, 5) is 22.5. The fraction of sp³-hybridized carbons (Fsp3) is 0.296. The highest BCUT2D eigenvalue weighted by molar-refractivity contribution is 5.94. The standard InChI is InChI=1S/C27H29N7O3/c1-27(2,36)17-37-21-10-22(26(33-16-21)20(11-28)12-29)19-6-7-23(31-15-19)30-13-18-5-8-24(32-14-18)34-9-3-4-25(34)35/h5-8,10-11,14-16,28,33,36H,3-4,9,13,17H2,1-2H3,(H,30,31)/b26-20+,28-11?. The predicted molar refractivity (Wildman–Crippen MR) is 140 cm³/mol. The lowest BCUT2D eigenvalue weighted by Gasteiger charge is -2.23. The van der Waals surface area contributed by atoms with E-state index in [1.54, 1.807) is 43.4 Å². The fourth-order valence-electron chi connectivity index (χ4n) is 3.85. The summed E-state index contributed by atoms with van der Waals surface area (Å²) in [7, 11) is 0. The molecular formula is C27H29N7O3. The summed E-state index contributed by atoms with van der Waals surface area (Å²) in [5, 5.41) is 33.3. The largest absolute Gasteiger partial charge is 0.489 e. The third-order valence-electron chi connectivity index (χ3n) is 5.75. The van der Waals surface area contributed by atoms with E-state index in [4.69, 9.17) is 10.1 Å². The Morgan fingerprint density at radius 1 is 1.32 bits per heavy atom. The second-order valence-corrected chi connectivity index (χ2v) is 9.35. The number of amides is 1. The highest BCUT2D eigenvalue weighted by Gasteiger charge is 2.23. The molecule has 10 heteroatoms. The van der Waals surface area contributed by atoms with Gasteiger partial charge in [-0.2, -0.15) is 5.26 Å². The summed E-state index contributed by atoms with van der Waals surface area (Å²) in [6.45, 7) is 4.60. The second kappa shape index (κ2) is 11.1. The lowest BCUT2D eigenvalue weighted by molar-refractivity contribution is -0.117. The van der Waals surface area contributed by atoms with Crippen LogP contribution in [0, 0.1) is 16.7 Å². The highest BCUT2D eigenvalue weighted by Crippen LogP contribution is 2.29. The van der Waals surface area contributed by atoms with Gasteiger partial charge in [-0.3, -0.25) is 9.69 Å². The quantitative estimate of drug-likeness (QED) is 0.304. The minimum Gasteiger partial charge on any atom is -0.489 e. The van der Waals surface area contributed by atoms with Crippen LogP contribution in [0.2, 0.25) is 0 Å². The van der Waals surface area contributed by atoms with Crippen molar-refractivity contribution in [2.75, 3.05) is 23.4 Å². The van der Waals surface area contributed by atoms with Gasteiger partial charge in [0, 0.05) is 55.5 Å². The van der Waals surface area contributed by atoms with Crippen LogP contribution in [-0.4, -0.2) is 45.9 Å². The number of ether oxygens (including phenoxy) is 1. The Morgan fingerprint density at radius 2 is 2.16 bits per heavy atom. The molecule has 4 rings (SSSR count). The summed E-state index contributed by atoms with van der Waals surface area (Å²) in [6, 6.07) is 9.51. The lowest BCUT2D eigenvalue weighted by Crippen LogP contribution is -2.26. The maximum atomic E-state index is 11.9. The van der Waals surface area contributed by atoms with Crippen molar-refractivity contribution in [1.82, 2.24) is 15.3 Å². The summed E-state index contributed by atoms with van der Waals surface area (Å²) in [5.74, 6) is 1.92. The molecular weight excluding hydrogens is 470 g/mol. The number of aromatic nitrogens is 2. The number of nitrogens with one attached hydrogen (secondary N) is 3. The van der Waals surface area contributed by atoms with Crippen molar-refractivity contribution in [3.8, 4) is 6.07 Å². The molecule has 1 saturated heterocycles. The van der Waals surface area contributed by atoms with Crippen LogP contribution in [0.15, 0.2) is 66.0 Å². The zero-order valence-electron chi connectivity index (χ0n) is 20.8. The molecule has 0 aromatic carbocycles. The fourth-order valence-corrected chi connectivity index (χ4v) is 3.85. The predicted octanol–water partition coefficient (Wildman–Crippen LogP) is 3.26. The van der Waals surface area contributed by atoms with Gasteiger partial charge in [0.05, 0.1) is 16.9 Å². The number of nitriles is 1. The van der Waals surface area contributed by atoms with Gasteiger partial charge in [0.1, 0.15) is 30.1 Å². The van der Waals surface area contributed by atoms with Gasteiger partial charge >= 0.3 is 0 Å². The minimum atomic E-state index is -1.01. The van der Waals surface area contributed by atoms with Crippen LogP contribution in [0.5, 0.6) is 0 Å². The number of rotatable bonds is 9. The minimum absolute atomic E-state index is 0.0876. The van der Waals surface area contributed by atoms with Crippen molar-refractivity contribution in [3.63, 3.8) is 0 Å². The molecule has 0 aliphatic carbocycles. The first-order chi connectivity index (χ1) is 17.8. The van der Waals surface area contributed by atoms with Gasteiger partial charge in [0.15, 0.2) is 0 Å². The van der Waals surface area contributed by atoms with Crippen LogP contribution in [0.4, 0.5) is 11.6 Å². The van der Waals surface area contributed by atoms with Crippen molar-refractivity contribution in [3.05, 3.63) is 77.1 Å². The smallest absolute Gasteiger partial charge is 0.228 e. The van der Waals surface area contributed by atoms with Crippen LogP contribution in [0.25, 0.3) is 5.57 Å². The van der Waals surface area contributed by atoms with Crippen LogP contribution < -0.4 is 15.5 Å². The highest BCUT2D eigenvalue weighted by atomic mass is 16.5. The number of hydrogen-bond donors (Lipinski definition) is 4. The number of aliphatic hydroxyl groups is 1. The molecule has 0 unspecified atom stereocenters. The van der Waals surface area contributed by atoms with Crippen molar-refractivity contribution in [2.24, 2.45) is 0 Å². The first-order valence-corrected chi connectivity index (χ1v) is 11.9. The first kappa shape index (κ1) is 25.6. The van der Waals surface area contributed by atoms with E-state index in [0.29, 0.717) is 48.2 Å². The molecule has 2 aromatic heterocycles. The summed E-state index contributed by atoms with van der Waals surface area (Å²) < 4.78 is 5.70. The van der Waals surface area contributed by atoms with Gasteiger partial charge in [0.25, 0.3) is 0 Å². The maximum absolute atomic E-state index is 11.9. The van der Waals surface area contributed by atoms with Crippen LogP contribution >= 0.6 is 0 Å². The third-order valence-corrected chi connectivity index (χ3v) is 5.75. The molecule has 2 aromatic rings. The number of carbonyl (C=O) groups is 1. The number of nitrogens with zero attached hydrogens (tertiary/aromatic N) is 4. The molecule has 0 saturated carbocycles. The van der Waals surface area contributed by atoms with E-state index in [0.717, 1.165) is 23.8 Å². The average Bonchev–Trinajstić information content (AvgIpc) is 3.33. The Morgan fingerprint density at radius 3 is 2.76 bits per heavy atom. The molecule has 0 atom stereocenters. The zero-order valence-corrected chi connectivity index (χ0v) is 20.8. The number of pyridine rings is 2. The Hall–Kier alpha value is -4.49. The molecule has 2 aliphatic heterocycles. The normalized spacial score (nSPS) is 16.8. The number of dihydropyridines is 1. The monoisotopic (exact) mass is 499 g/mol. The number of hydrogen-bond acceptors (Lipinski definition) is 9. The Kier molecular flexibility index (Phi) is 7.65. The van der Waals surface area contributed by atoms with E-state index in [2.05, 4.69) is 20.6 Å². The van der Waals surface area contributed by atoms with Crippen molar-refractivity contribution >= 4 is 29.3 Å². The van der Waals surface area contributed by atoms with Crippen LogP contribution in [-0.2, 0) is 16.1 Å². The molecule has 10 nitrogen and oxygen atoms in total. The summed E-state index contributed by atoms with van der Waals surface area (Å²) in [6.07, 6.45) is 9.19. The van der Waals surface area contributed by atoms with Gasteiger partial charge in [-0.1, -0.05) is 6.07 Å². The van der Waals surface area contributed by atoms with Gasteiger partial charge < -0.3 is 25.9 Å². The number of anilines is 2. The molecule has 0 radical (unpaired) electrons. The van der Waals surface area contributed by atoms with E-state index in [-0.39, 0.29) is 18.1 Å². The lowest BCUT2D eigenvalue weighted by atomic mass is 9.98. The Bertz CT molecular complexity index is 1300. The zero-order chi connectivity index (χ0) is 26.4. The van der Waals surface area contributed by atoms with Crippen LogP contribution in [0.3, 0.4) is 0 Å². The molecule has 37 heavy (non-hydrogen) atoms. The van der Waals surface area contributed by atoms with Crippen LogP contribution in [0.1, 0.15) is 37.8 Å². The molecule has 4 heterocycles. The van der Waals surface area contributed by atoms with Gasteiger partial charge in [-0.25, -0.2) is 9.97 Å². The van der Waals surface area contributed by atoms with E-state index in [9.17, 15) is 15.2 Å². The molecule has 1 amide bonds. The Labute approximate surface area is 215 Å². The van der Waals surface area contributed by atoms with E-state index < -0.39 is 5.60 Å². The number of allylic oxidation sites excluding steroid dienone is 3. The summed E-state index contributed by atoms with van der Waals surface area (Å²) >= 11 is 0. The van der Waals surface area contributed by atoms with Gasteiger partial charge in [-0.15, -0.1) is 0 Å². The van der Waals surface area contributed by atoms with E-state index >= 15 is 0 Å². The molecule has 1 fully saturated rings. The third kappa shape index (κ3) is 6.39. The Balaban J connectivity index is 1.46. The molecule has 4 N–H and O–H groups in total. The maximum Gasteiger partial charge on any atom is 0.228 e.